The molecule has 0 aliphatic rings. The fourth-order valence-electron chi connectivity index (χ4n) is 1.41. The summed E-state index contributed by atoms with van der Waals surface area (Å²) in [5.74, 6) is -1.31. The quantitative estimate of drug-likeness (QED) is 0.711. The summed E-state index contributed by atoms with van der Waals surface area (Å²) in [6.07, 6.45) is 0.0166. The zero-order valence-electron chi connectivity index (χ0n) is 9.94. The molecule has 18 heavy (non-hydrogen) atoms. The highest BCUT2D eigenvalue weighted by Crippen LogP contribution is 2.19. The third-order valence-electron chi connectivity index (χ3n) is 2.40. The number of carbonyl (C=O) groups excluding carboxylic acids is 1. The van der Waals surface area contributed by atoms with Crippen LogP contribution in [0.1, 0.15) is 23.7 Å². The van der Waals surface area contributed by atoms with Gasteiger partial charge in [-0.25, -0.2) is 0 Å². The molecule has 1 rings (SSSR count). The number of nitrogens with two attached hydrogens (primary N) is 1. The van der Waals surface area contributed by atoms with Crippen molar-refractivity contribution in [1.82, 2.24) is 5.32 Å². The first kappa shape index (κ1) is 14.3. The summed E-state index contributed by atoms with van der Waals surface area (Å²) in [7, 11) is 0. The molecule has 0 aliphatic heterocycles. The van der Waals surface area contributed by atoms with Crippen LogP contribution in [0.3, 0.4) is 0 Å². The van der Waals surface area contributed by atoms with Crippen LogP contribution in [-0.4, -0.2) is 23.5 Å². The molecular weight excluding hydrogens is 256 g/mol. The summed E-state index contributed by atoms with van der Waals surface area (Å²) < 4.78 is 0. The lowest BCUT2D eigenvalue weighted by Gasteiger charge is -2.10. The van der Waals surface area contributed by atoms with E-state index in [0.717, 1.165) is 0 Å². The number of anilines is 1. The van der Waals surface area contributed by atoms with E-state index in [4.69, 9.17) is 22.4 Å². The second-order valence-electron chi connectivity index (χ2n) is 4.15. The molecule has 0 bridgehead atoms. The molecule has 5 nitrogen and oxygen atoms in total. The molecule has 1 unspecified atom stereocenters. The molecule has 0 saturated carbocycles. The molecule has 4 N–H and O–H groups in total. The van der Waals surface area contributed by atoms with Crippen molar-refractivity contribution in [2.24, 2.45) is 5.92 Å². The molecule has 0 saturated heterocycles. The monoisotopic (exact) mass is 270 g/mol. The van der Waals surface area contributed by atoms with E-state index in [9.17, 15) is 9.59 Å². The Morgan fingerprint density at radius 1 is 1.50 bits per heavy atom. The highest BCUT2D eigenvalue weighted by Gasteiger charge is 2.11. The van der Waals surface area contributed by atoms with Crippen molar-refractivity contribution in [2.45, 2.75) is 13.3 Å². The fraction of sp³-hybridized carbons (Fsp3) is 0.333. The summed E-state index contributed by atoms with van der Waals surface area (Å²) >= 11 is 5.81. The lowest BCUT2D eigenvalue weighted by molar-refractivity contribution is -0.137. The topological polar surface area (TPSA) is 92.4 Å². The largest absolute Gasteiger partial charge is 0.481 e. The molecule has 0 fully saturated rings. The van der Waals surface area contributed by atoms with Crippen LogP contribution in [0.15, 0.2) is 18.2 Å². The number of benzene rings is 1. The second kappa shape index (κ2) is 6.26. The van der Waals surface area contributed by atoms with Gasteiger partial charge in [0.15, 0.2) is 0 Å². The number of carboxylic acid groups (broad SMARTS) is 1. The van der Waals surface area contributed by atoms with Gasteiger partial charge in [-0.15, -0.1) is 0 Å². The fourth-order valence-corrected chi connectivity index (χ4v) is 1.59. The molecule has 1 aromatic carbocycles. The van der Waals surface area contributed by atoms with Gasteiger partial charge >= 0.3 is 5.97 Å². The van der Waals surface area contributed by atoms with Crippen LogP contribution in [0.2, 0.25) is 5.02 Å². The molecule has 0 spiro atoms. The van der Waals surface area contributed by atoms with E-state index in [1.165, 1.54) is 6.07 Å². The molecule has 1 aromatic rings. The van der Waals surface area contributed by atoms with E-state index < -0.39 is 5.97 Å². The Morgan fingerprint density at radius 3 is 2.72 bits per heavy atom. The Balaban J connectivity index is 2.55. The van der Waals surface area contributed by atoms with E-state index in [1.54, 1.807) is 19.1 Å². The van der Waals surface area contributed by atoms with Crippen molar-refractivity contribution in [1.29, 1.82) is 0 Å². The second-order valence-corrected chi connectivity index (χ2v) is 4.56. The van der Waals surface area contributed by atoms with E-state index in [1.807, 2.05) is 0 Å². The van der Waals surface area contributed by atoms with Crippen molar-refractivity contribution < 1.29 is 14.7 Å². The first-order valence-electron chi connectivity index (χ1n) is 5.45. The molecule has 0 aromatic heterocycles. The third-order valence-corrected chi connectivity index (χ3v) is 2.72. The normalized spacial score (nSPS) is 11.9. The summed E-state index contributed by atoms with van der Waals surface area (Å²) in [5.41, 5.74) is 6.35. The van der Waals surface area contributed by atoms with E-state index in [2.05, 4.69) is 5.32 Å². The number of halogens is 1. The van der Waals surface area contributed by atoms with Crippen LogP contribution in [-0.2, 0) is 4.79 Å². The SMILES string of the molecule is CC(CNC(=O)c1ccc(N)c(Cl)c1)CC(=O)O. The predicted molar refractivity (Wildman–Crippen MR) is 69.6 cm³/mol. The number of amides is 1. The highest BCUT2D eigenvalue weighted by atomic mass is 35.5. The van der Waals surface area contributed by atoms with Crippen molar-refractivity contribution >= 4 is 29.2 Å². The minimum Gasteiger partial charge on any atom is -0.481 e. The Bertz CT molecular complexity index is 463. The van der Waals surface area contributed by atoms with Crippen LogP contribution in [0.5, 0.6) is 0 Å². The van der Waals surface area contributed by atoms with Crippen molar-refractivity contribution in [2.75, 3.05) is 12.3 Å². The number of rotatable bonds is 5. The number of carboxylic acids is 1. The third kappa shape index (κ3) is 4.25. The Kier molecular flexibility index (Phi) is 4.97. The van der Waals surface area contributed by atoms with Crippen molar-refractivity contribution in [3.63, 3.8) is 0 Å². The average Bonchev–Trinajstić information content (AvgIpc) is 2.28. The minimum absolute atomic E-state index is 0.0166. The van der Waals surface area contributed by atoms with Gasteiger partial charge in [-0.1, -0.05) is 18.5 Å². The zero-order valence-corrected chi connectivity index (χ0v) is 10.7. The molecule has 0 heterocycles. The summed E-state index contributed by atoms with van der Waals surface area (Å²) in [5, 5.41) is 11.6. The first-order valence-corrected chi connectivity index (χ1v) is 5.83. The molecule has 0 aliphatic carbocycles. The van der Waals surface area contributed by atoms with Crippen LogP contribution < -0.4 is 11.1 Å². The smallest absolute Gasteiger partial charge is 0.303 e. The maximum Gasteiger partial charge on any atom is 0.303 e. The van der Waals surface area contributed by atoms with Gasteiger partial charge in [-0.05, 0) is 24.1 Å². The minimum atomic E-state index is -0.882. The first-order chi connectivity index (χ1) is 8.40. The van der Waals surface area contributed by atoms with Gasteiger partial charge in [0.1, 0.15) is 0 Å². The molecule has 0 radical (unpaired) electrons. The van der Waals surface area contributed by atoms with Gasteiger partial charge in [0.05, 0.1) is 10.7 Å². The van der Waals surface area contributed by atoms with Crippen LogP contribution in [0.4, 0.5) is 5.69 Å². The number of hydrogen-bond donors (Lipinski definition) is 3. The van der Waals surface area contributed by atoms with Gasteiger partial charge < -0.3 is 16.2 Å². The van der Waals surface area contributed by atoms with E-state index in [-0.39, 0.29) is 18.2 Å². The Hall–Kier alpha value is -1.75. The van der Waals surface area contributed by atoms with Gasteiger partial charge in [0.25, 0.3) is 5.91 Å². The predicted octanol–water partition coefficient (Wildman–Crippen LogP) is 1.76. The van der Waals surface area contributed by atoms with Crippen molar-refractivity contribution in [3.05, 3.63) is 28.8 Å². The van der Waals surface area contributed by atoms with E-state index >= 15 is 0 Å². The van der Waals surface area contributed by atoms with Gasteiger partial charge in [0.2, 0.25) is 0 Å². The lowest BCUT2D eigenvalue weighted by atomic mass is 10.1. The summed E-state index contributed by atoms with van der Waals surface area (Å²) in [6.45, 7) is 2.05. The van der Waals surface area contributed by atoms with Gasteiger partial charge in [-0.2, -0.15) is 0 Å². The van der Waals surface area contributed by atoms with Crippen LogP contribution in [0.25, 0.3) is 0 Å². The van der Waals surface area contributed by atoms with Crippen LogP contribution in [0, 0.1) is 5.92 Å². The Labute approximate surface area is 110 Å². The van der Waals surface area contributed by atoms with Crippen molar-refractivity contribution in [3.8, 4) is 0 Å². The number of hydrogen-bond acceptors (Lipinski definition) is 3. The zero-order chi connectivity index (χ0) is 13.7. The molecule has 98 valence electrons. The molecule has 6 heteroatoms. The lowest BCUT2D eigenvalue weighted by Crippen LogP contribution is -2.29. The van der Waals surface area contributed by atoms with E-state index in [0.29, 0.717) is 22.8 Å². The standard InChI is InChI=1S/C12H15ClN2O3/c1-7(4-11(16)17)6-15-12(18)8-2-3-10(14)9(13)5-8/h2-3,5,7H,4,6,14H2,1H3,(H,15,18)(H,16,17). The maximum absolute atomic E-state index is 11.7. The number of nitrogens with one attached hydrogen (secondary N) is 1. The highest BCUT2D eigenvalue weighted by molar-refractivity contribution is 6.33. The summed E-state index contributed by atoms with van der Waals surface area (Å²) in [6, 6.07) is 4.60. The number of aliphatic carboxylic acids is 1. The summed E-state index contributed by atoms with van der Waals surface area (Å²) in [4.78, 5) is 22.2. The number of nitrogen functional groups attached to an aromatic ring is 1. The van der Waals surface area contributed by atoms with Gasteiger partial charge in [-0.3, -0.25) is 9.59 Å². The van der Waals surface area contributed by atoms with Crippen LogP contribution >= 0.6 is 11.6 Å². The molecular formula is C12H15ClN2O3. The number of carbonyl (C=O) groups is 2. The Morgan fingerprint density at radius 2 is 2.17 bits per heavy atom. The average molecular weight is 271 g/mol. The maximum atomic E-state index is 11.7. The molecule has 1 amide bonds. The molecule has 1 atom stereocenters. The van der Waals surface area contributed by atoms with Gasteiger partial charge in [0, 0.05) is 18.5 Å².